The van der Waals surface area contributed by atoms with Crippen LogP contribution >= 0.6 is 0 Å². The molecule has 1 amide bonds. The molecule has 2 rings (SSSR count). The van der Waals surface area contributed by atoms with Gasteiger partial charge in [-0.25, -0.2) is 4.98 Å². The van der Waals surface area contributed by atoms with Crippen molar-refractivity contribution in [3.05, 3.63) is 24.0 Å². The number of aryl methyl sites for hydroxylation is 1. The molecule has 0 spiro atoms. The van der Waals surface area contributed by atoms with Crippen LogP contribution in [0.15, 0.2) is 18.3 Å². The Bertz CT molecular complexity index is 577. The quantitative estimate of drug-likeness (QED) is 0.827. The molecule has 0 atom stereocenters. The highest BCUT2D eigenvalue weighted by Crippen LogP contribution is 2.27. The zero-order valence-corrected chi connectivity index (χ0v) is 10.5. The summed E-state index contributed by atoms with van der Waals surface area (Å²) in [7, 11) is 3.39. The SMILES string of the molecule is COc1nc(-c2cnn(C)c2C)ccc1NC=O. The maximum Gasteiger partial charge on any atom is 0.238 e. The van der Waals surface area contributed by atoms with E-state index < -0.39 is 0 Å². The lowest BCUT2D eigenvalue weighted by Crippen LogP contribution is -2.00. The van der Waals surface area contributed by atoms with Gasteiger partial charge in [-0.1, -0.05) is 0 Å². The number of nitrogens with zero attached hydrogens (tertiary/aromatic N) is 3. The van der Waals surface area contributed by atoms with Gasteiger partial charge in [0, 0.05) is 18.3 Å². The number of amides is 1. The van der Waals surface area contributed by atoms with Crippen molar-refractivity contribution in [2.24, 2.45) is 7.05 Å². The molecule has 0 aliphatic carbocycles. The number of carbonyl (C=O) groups excluding carboxylic acids is 1. The van der Waals surface area contributed by atoms with E-state index in [1.54, 1.807) is 16.9 Å². The maximum atomic E-state index is 10.4. The highest BCUT2D eigenvalue weighted by atomic mass is 16.5. The van der Waals surface area contributed by atoms with Crippen molar-refractivity contribution in [3.63, 3.8) is 0 Å². The first-order valence-electron chi connectivity index (χ1n) is 5.41. The van der Waals surface area contributed by atoms with E-state index in [1.807, 2.05) is 20.0 Å². The molecular weight excluding hydrogens is 232 g/mol. The Morgan fingerprint density at radius 1 is 1.44 bits per heavy atom. The van der Waals surface area contributed by atoms with Crippen molar-refractivity contribution in [2.45, 2.75) is 6.92 Å². The Morgan fingerprint density at radius 3 is 2.78 bits per heavy atom. The Labute approximate surface area is 105 Å². The molecule has 2 aromatic rings. The molecule has 0 saturated carbocycles. The Balaban J connectivity index is 2.47. The van der Waals surface area contributed by atoms with E-state index in [0.717, 1.165) is 17.0 Å². The molecule has 0 unspecified atom stereocenters. The van der Waals surface area contributed by atoms with Gasteiger partial charge in [-0.05, 0) is 19.1 Å². The zero-order valence-electron chi connectivity index (χ0n) is 10.5. The lowest BCUT2D eigenvalue weighted by molar-refractivity contribution is -0.105. The fourth-order valence-electron chi connectivity index (χ4n) is 1.67. The largest absolute Gasteiger partial charge is 0.479 e. The molecule has 6 heteroatoms. The van der Waals surface area contributed by atoms with Crippen LogP contribution in [-0.2, 0) is 11.8 Å². The molecule has 1 N–H and O–H groups in total. The fourth-order valence-corrected chi connectivity index (χ4v) is 1.67. The summed E-state index contributed by atoms with van der Waals surface area (Å²) in [6, 6.07) is 3.57. The van der Waals surface area contributed by atoms with E-state index in [-0.39, 0.29) is 0 Å². The molecule has 6 nitrogen and oxygen atoms in total. The molecule has 0 radical (unpaired) electrons. The van der Waals surface area contributed by atoms with Gasteiger partial charge in [-0.2, -0.15) is 5.10 Å². The number of hydrogen-bond donors (Lipinski definition) is 1. The van der Waals surface area contributed by atoms with E-state index in [4.69, 9.17) is 4.74 Å². The molecular formula is C12H14N4O2. The summed E-state index contributed by atoms with van der Waals surface area (Å²) < 4.78 is 6.93. The molecule has 0 bridgehead atoms. The van der Waals surface area contributed by atoms with Crippen molar-refractivity contribution < 1.29 is 9.53 Å². The number of methoxy groups -OCH3 is 1. The van der Waals surface area contributed by atoms with Crippen LogP contribution in [0.5, 0.6) is 5.88 Å². The highest BCUT2D eigenvalue weighted by Gasteiger charge is 2.11. The van der Waals surface area contributed by atoms with Gasteiger partial charge in [0.25, 0.3) is 0 Å². The fraction of sp³-hybridized carbons (Fsp3) is 0.250. The summed E-state index contributed by atoms with van der Waals surface area (Å²) in [5.41, 5.74) is 3.25. The molecule has 0 aliphatic rings. The smallest absolute Gasteiger partial charge is 0.238 e. The van der Waals surface area contributed by atoms with Gasteiger partial charge in [0.2, 0.25) is 12.3 Å². The molecule has 18 heavy (non-hydrogen) atoms. The third-order valence-corrected chi connectivity index (χ3v) is 2.78. The van der Waals surface area contributed by atoms with E-state index in [9.17, 15) is 4.79 Å². The van der Waals surface area contributed by atoms with Gasteiger partial charge in [0.15, 0.2) is 0 Å². The zero-order chi connectivity index (χ0) is 13.1. The summed E-state index contributed by atoms with van der Waals surface area (Å²) >= 11 is 0. The monoisotopic (exact) mass is 246 g/mol. The van der Waals surface area contributed by atoms with Gasteiger partial charge >= 0.3 is 0 Å². The van der Waals surface area contributed by atoms with E-state index in [2.05, 4.69) is 15.4 Å². The van der Waals surface area contributed by atoms with E-state index in [0.29, 0.717) is 18.0 Å². The number of anilines is 1. The molecule has 94 valence electrons. The molecule has 2 heterocycles. The van der Waals surface area contributed by atoms with Gasteiger partial charge < -0.3 is 10.1 Å². The van der Waals surface area contributed by atoms with Crippen molar-refractivity contribution >= 4 is 12.1 Å². The van der Waals surface area contributed by atoms with Crippen LogP contribution in [0.3, 0.4) is 0 Å². The van der Waals surface area contributed by atoms with Crippen LogP contribution in [0.2, 0.25) is 0 Å². The first-order chi connectivity index (χ1) is 8.67. The van der Waals surface area contributed by atoms with Gasteiger partial charge in [0.05, 0.1) is 19.0 Å². The second kappa shape index (κ2) is 4.87. The molecule has 0 aliphatic heterocycles. The van der Waals surface area contributed by atoms with Crippen molar-refractivity contribution in [1.29, 1.82) is 0 Å². The average molecular weight is 246 g/mol. The summed E-state index contributed by atoms with van der Waals surface area (Å²) in [5.74, 6) is 0.378. The lowest BCUT2D eigenvalue weighted by atomic mass is 10.1. The van der Waals surface area contributed by atoms with Crippen molar-refractivity contribution in [2.75, 3.05) is 12.4 Å². The number of nitrogens with one attached hydrogen (secondary N) is 1. The number of aromatic nitrogens is 3. The second-order valence-corrected chi connectivity index (χ2v) is 3.78. The third-order valence-electron chi connectivity index (χ3n) is 2.78. The molecule has 2 aromatic heterocycles. The second-order valence-electron chi connectivity index (χ2n) is 3.78. The summed E-state index contributed by atoms with van der Waals surface area (Å²) in [6.45, 7) is 1.97. The van der Waals surface area contributed by atoms with Crippen molar-refractivity contribution in [3.8, 4) is 17.1 Å². The number of carbonyl (C=O) groups is 1. The standard InChI is InChI=1S/C12H14N4O2/c1-8-9(6-14-16(8)2)10-4-5-11(13-7-17)12(15-10)18-3/h4-7H,1-3H3,(H,13,17). The average Bonchev–Trinajstić information content (AvgIpc) is 2.71. The first kappa shape index (κ1) is 12.1. The Kier molecular flexibility index (Phi) is 3.27. The van der Waals surface area contributed by atoms with Crippen molar-refractivity contribution in [1.82, 2.24) is 14.8 Å². The molecule has 0 fully saturated rings. The van der Waals surface area contributed by atoms with E-state index in [1.165, 1.54) is 7.11 Å². The minimum Gasteiger partial charge on any atom is -0.479 e. The minimum atomic E-state index is 0.378. The maximum absolute atomic E-state index is 10.4. The van der Waals surface area contributed by atoms with Gasteiger partial charge in [-0.15, -0.1) is 0 Å². The molecule has 0 aromatic carbocycles. The van der Waals surface area contributed by atoms with Crippen LogP contribution in [0.25, 0.3) is 11.3 Å². The van der Waals surface area contributed by atoms with Crippen LogP contribution in [0, 0.1) is 6.92 Å². The Hall–Kier alpha value is -2.37. The highest BCUT2D eigenvalue weighted by molar-refractivity contribution is 5.76. The summed E-state index contributed by atoms with van der Waals surface area (Å²) in [4.78, 5) is 14.8. The summed E-state index contributed by atoms with van der Waals surface area (Å²) in [6.07, 6.45) is 2.35. The number of pyridine rings is 1. The predicted octanol–water partition coefficient (Wildman–Crippen LogP) is 1.37. The number of rotatable bonds is 4. The van der Waals surface area contributed by atoms with Crippen LogP contribution in [0.1, 0.15) is 5.69 Å². The normalized spacial score (nSPS) is 10.2. The van der Waals surface area contributed by atoms with E-state index >= 15 is 0 Å². The predicted molar refractivity (Wildman–Crippen MR) is 67.4 cm³/mol. The first-order valence-corrected chi connectivity index (χ1v) is 5.41. The van der Waals surface area contributed by atoms with Crippen LogP contribution in [-0.4, -0.2) is 28.3 Å². The van der Waals surface area contributed by atoms with Gasteiger partial charge in [-0.3, -0.25) is 9.48 Å². The Morgan fingerprint density at radius 2 is 2.22 bits per heavy atom. The topological polar surface area (TPSA) is 69.0 Å². The van der Waals surface area contributed by atoms with Crippen LogP contribution < -0.4 is 10.1 Å². The lowest BCUT2D eigenvalue weighted by Gasteiger charge is -2.08. The number of ether oxygens (including phenoxy) is 1. The number of hydrogen-bond acceptors (Lipinski definition) is 4. The molecule has 0 saturated heterocycles. The van der Waals surface area contributed by atoms with Gasteiger partial charge in [0.1, 0.15) is 5.69 Å². The summed E-state index contributed by atoms with van der Waals surface area (Å²) in [5, 5.41) is 6.71. The van der Waals surface area contributed by atoms with Crippen LogP contribution in [0.4, 0.5) is 5.69 Å². The minimum absolute atomic E-state index is 0.378. The third kappa shape index (κ3) is 2.04.